The molecule has 0 aromatic carbocycles. The van der Waals surface area contributed by atoms with E-state index in [9.17, 15) is 0 Å². The zero-order valence-corrected chi connectivity index (χ0v) is 6.27. The van der Waals surface area contributed by atoms with Crippen molar-refractivity contribution in [1.29, 1.82) is 0 Å². The molecular formula is C7H12ClN. The number of nitrogens with zero attached hydrogens (tertiary/aromatic N) is 1. The van der Waals surface area contributed by atoms with E-state index in [1.54, 1.807) is 0 Å². The maximum atomic E-state index is 5.76. The standard InChI is InChI=1S/C7H12ClN/c8-5-7-2-1-6-3-4-9(6)7/h6-7H,1-5H2. The molecule has 0 saturated carbocycles. The summed E-state index contributed by atoms with van der Waals surface area (Å²) >= 11 is 5.76. The van der Waals surface area contributed by atoms with Gasteiger partial charge in [0.15, 0.2) is 0 Å². The number of halogens is 1. The molecule has 2 rings (SSSR count). The van der Waals surface area contributed by atoms with Crippen LogP contribution in [0.4, 0.5) is 0 Å². The summed E-state index contributed by atoms with van der Waals surface area (Å²) in [6.07, 6.45) is 4.17. The minimum atomic E-state index is 0.727. The van der Waals surface area contributed by atoms with Crippen molar-refractivity contribution in [2.24, 2.45) is 0 Å². The summed E-state index contributed by atoms with van der Waals surface area (Å²) in [5.41, 5.74) is 0. The lowest BCUT2D eigenvalue weighted by atomic mass is 10.1. The summed E-state index contributed by atoms with van der Waals surface area (Å²) in [5, 5.41) is 0. The minimum Gasteiger partial charge on any atom is -0.296 e. The molecule has 52 valence electrons. The summed E-state index contributed by atoms with van der Waals surface area (Å²) in [7, 11) is 0. The Morgan fingerprint density at radius 2 is 2.22 bits per heavy atom. The van der Waals surface area contributed by atoms with E-state index in [2.05, 4.69) is 4.90 Å². The Morgan fingerprint density at radius 3 is 2.56 bits per heavy atom. The van der Waals surface area contributed by atoms with Gasteiger partial charge >= 0.3 is 0 Å². The molecule has 0 N–H and O–H groups in total. The molecule has 2 heteroatoms. The van der Waals surface area contributed by atoms with Crippen molar-refractivity contribution in [1.82, 2.24) is 4.90 Å². The molecule has 2 saturated heterocycles. The predicted octanol–water partition coefficient (Wildman–Crippen LogP) is 1.46. The maximum absolute atomic E-state index is 5.76. The van der Waals surface area contributed by atoms with Gasteiger partial charge in [-0.1, -0.05) is 0 Å². The average molecular weight is 146 g/mol. The van der Waals surface area contributed by atoms with Gasteiger partial charge in [-0.2, -0.15) is 0 Å². The fourth-order valence-corrected chi connectivity index (χ4v) is 2.30. The van der Waals surface area contributed by atoms with Crippen molar-refractivity contribution in [3.63, 3.8) is 0 Å². The van der Waals surface area contributed by atoms with Crippen molar-refractivity contribution in [2.75, 3.05) is 12.4 Å². The third kappa shape index (κ3) is 0.786. The highest BCUT2D eigenvalue weighted by atomic mass is 35.5. The molecule has 0 aromatic rings. The monoisotopic (exact) mass is 145 g/mol. The smallest absolute Gasteiger partial charge is 0.0379 e. The van der Waals surface area contributed by atoms with Crippen LogP contribution in [0.15, 0.2) is 0 Å². The quantitative estimate of drug-likeness (QED) is 0.505. The molecule has 2 fully saturated rings. The Kier molecular flexibility index (Phi) is 1.42. The normalized spacial score (nSPS) is 42.3. The van der Waals surface area contributed by atoms with Crippen LogP contribution in [0.5, 0.6) is 0 Å². The van der Waals surface area contributed by atoms with Crippen molar-refractivity contribution < 1.29 is 0 Å². The molecule has 0 bridgehead atoms. The van der Waals surface area contributed by atoms with E-state index in [0.717, 1.165) is 18.0 Å². The molecule has 0 spiro atoms. The second-order valence-corrected chi connectivity index (χ2v) is 3.37. The van der Waals surface area contributed by atoms with Crippen LogP contribution in [0, 0.1) is 0 Å². The summed E-state index contributed by atoms with van der Waals surface area (Å²) in [6, 6.07) is 1.65. The highest BCUT2D eigenvalue weighted by molar-refractivity contribution is 6.18. The molecule has 1 nitrogen and oxygen atoms in total. The number of hydrogen-bond donors (Lipinski definition) is 0. The van der Waals surface area contributed by atoms with Crippen molar-refractivity contribution in [2.45, 2.75) is 31.3 Å². The van der Waals surface area contributed by atoms with Crippen LogP contribution in [0.3, 0.4) is 0 Å². The van der Waals surface area contributed by atoms with Crippen LogP contribution >= 0.6 is 11.6 Å². The van der Waals surface area contributed by atoms with E-state index >= 15 is 0 Å². The first-order chi connectivity index (χ1) is 4.42. The van der Waals surface area contributed by atoms with Crippen LogP contribution in [-0.2, 0) is 0 Å². The predicted molar refractivity (Wildman–Crippen MR) is 38.9 cm³/mol. The molecule has 2 heterocycles. The first-order valence-electron chi connectivity index (χ1n) is 3.73. The first-order valence-corrected chi connectivity index (χ1v) is 4.27. The highest BCUT2D eigenvalue weighted by Gasteiger charge is 2.38. The second kappa shape index (κ2) is 2.14. The molecule has 2 aliphatic heterocycles. The number of rotatable bonds is 1. The van der Waals surface area contributed by atoms with Crippen molar-refractivity contribution >= 4 is 11.6 Å². The minimum absolute atomic E-state index is 0.727. The van der Waals surface area contributed by atoms with E-state index < -0.39 is 0 Å². The van der Waals surface area contributed by atoms with Crippen LogP contribution < -0.4 is 0 Å². The Bertz CT molecular complexity index is 113. The lowest BCUT2D eigenvalue weighted by Gasteiger charge is -2.38. The highest BCUT2D eigenvalue weighted by Crippen LogP contribution is 2.33. The van der Waals surface area contributed by atoms with E-state index in [1.807, 2.05) is 0 Å². The summed E-state index contributed by atoms with van der Waals surface area (Å²) in [6.45, 7) is 1.31. The summed E-state index contributed by atoms with van der Waals surface area (Å²) < 4.78 is 0. The number of alkyl halides is 1. The van der Waals surface area contributed by atoms with E-state index in [4.69, 9.17) is 11.6 Å². The average Bonchev–Trinajstić information content (AvgIpc) is 2.07. The van der Waals surface area contributed by atoms with Gasteiger partial charge in [0.25, 0.3) is 0 Å². The Labute approximate surface area is 61.0 Å². The summed E-state index contributed by atoms with van der Waals surface area (Å²) in [4.78, 5) is 2.55. The third-order valence-electron chi connectivity index (χ3n) is 2.67. The zero-order chi connectivity index (χ0) is 6.27. The SMILES string of the molecule is ClCC1CCC2CCN12. The topological polar surface area (TPSA) is 3.24 Å². The van der Waals surface area contributed by atoms with Gasteiger partial charge in [0.05, 0.1) is 0 Å². The van der Waals surface area contributed by atoms with Crippen LogP contribution in [0.25, 0.3) is 0 Å². The molecule has 9 heavy (non-hydrogen) atoms. The Balaban J connectivity index is 1.97. The van der Waals surface area contributed by atoms with E-state index in [0.29, 0.717) is 0 Å². The molecule has 0 aromatic heterocycles. The van der Waals surface area contributed by atoms with Gasteiger partial charge in [-0.05, 0) is 19.3 Å². The summed E-state index contributed by atoms with van der Waals surface area (Å²) in [5.74, 6) is 0.844. The zero-order valence-electron chi connectivity index (χ0n) is 5.52. The van der Waals surface area contributed by atoms with Crippen molar-refractivity contribution in [3.05, 3.63) is 0 Å². The van der Waals surface area contributed by atoms with Crippen LogP contribution in [0.1, 0.15) is 19.3 Å². The van der Waals surface area contributed by atoms with Gasteiger partial charge in [-0.15, -0.1) is 11.6 Å². The second-order valence-electron chi connectivity index (χ2n) is 3.07. The molecule has 0 radical (unpaired) electrons. The van der Waals surface area contributed by atoms with Crippen molar-refractivity contribution in [3.8, 4) is 0 Å². The molecule has 2 aliphatic rings. The van der Waals surface area contributed by atoms with Gasteiger partial charge in [0, 0.05) is 24.5 Å². The molecule has 0 amide bonds. The molecule has 2 atom stereocenters. The Morgan fingerprint density at radius 1 is 1.33 bits per heavy atom. The van der Waals surface area contributed by atoms with Crippen LogP contribution in [0.2, 0.25) is 0 Å². The van der Waals surface area contributed by atoms with Gasteiger partial charge in [-0.25, -0.2) is 0 Å². The maximum Gasteiger partial charge on any atom is 0.0379 e. The van der Waals surface area contributed by atoms with Gasteiger partial charge in [-0.3, -0.25) is 4.90 Å². The fraction of sp³-hybridized carbons (Fsp3) is 1.00. The lowest BCUT2D eigenvalue weighted by Crippen LogP contribution is -2.47. The largest absolute Gasteiger partial charge is 0.296 e. The van der Waals surface area contributed by atoms with E-state index in [-0.39, 0.29) is 0 Å². The number of fused-ring (bicyclic) bond motifs is 1. The van der Waals surface area contributed by atoms with Gasteiger partial charge in [0.1, 0.15) is 0 Å². The number of hydrogen-bond acceptors (Lipinski definition) is 1. The van der Waals surface area contributed by atoms with Crippen LogP contribution in [-0.4, -0.2) is 29.4 Å². The molecule has 2 unspecified atom stereocenters. The van der Waals surface area contributed by atoms with Gasteiger partial charge < -0.3 is 0 Å². The molecular weight excluding hydrogens is 134 g/mol. The third-order valence-corrected chi connectivity index (χ3v) is 3.03. The lowest BCUT2D eigenvalue weighted by molar-refractivity contribution is 0.104. The van der Waals surface area contributed by atoms with E-state index in [1.165, 1.54) is 25.8 Å². The molecule has 0 aliphatic carbocycles. The first kappa shape index (κ1) is 5.99. The van der Waals surface area contributed by atoms with Gasteiger partial charge in [0.2, 0.25) is 0 Å². The fourth-order valence-electron chi connectivity index (χ4n) is 1.97. The Hall–Kier alpha value is 0.250.